The second-order valence-electron chi connectivity index (χ2n) is 6.83. The van der Waals surface area contributed by atoms with Crippen LogP contribution in [-0.2, 0) is 15.1 Å². The summed E-state index contributed by atoms with van der Waals surface area (Å²) in [5.74, 6) is -2.96. The zero-order valence-corrected chi connectivity index (χ0v) is 14.4. The number of aliphatic hydroxyl groups excluding tert-OH is 1. The number of carboxylic acid groups (broad SMARTS) is 1. The van der Waals surface area contributed by atoms with E-state index in [0.717, 1.165) is 12.0 Å². The van der Waals surface area contributed by atoms with Gasteiger partial charge in [-0.2, -0.15) is 0 Å². The number of Topliss-reactive ketones (excluding diaryl/α,β-unsaturated/α-hetero) is 1. The van der Waals surface area contributed by atoms with Crippen molar-refractivity contribution in [2.45, 2.75) is 24.8 Å². The standard InChI is InChI=1S/C20H18N2O5/c23-14(24)11-21-19(27)15-17(25)16-13(12-5-2-1-3-6-12)7-10-22(16)20(18(15)26)8-4-9-20/h1-3,5-7,10,26H,4,8-9,11H2,(H,21,27)(H,23,24). The Labute approximate surface area is 154 Å². The van der Waals surface area contributed by atoms with Crippen molar-refractivity contribution in [3.05, 3.63) is 59.6 Å². The molecule has 1 aromatic heterocycles. The quantitative estimate of drug-likeness (QED) is 0.719. The summed E-state index contributed by atoms with van der Waals surface area (Å²) < 4.78 is 1.77. The van der Waals surface area contributed by atoms with E-state index >= 15 is 0 Å². The van der Waals surface area contributed by atoms with Crippen LogP contribution in [0.1, 0.15) is 29.8 Å². The Morgan fingerprint density at radius 3 is 2.44 bits per heavy atom. The van der Waals surface area contributed by atoms with Crippen LogP contribution in [0.3, 0.4) is 0 Å². The van der Waals surface area contributed by atoms with Gasteiger partial charge < -0.3 is 20.1 Å². The van der Waals surface area contributed by atoms with Crippen molar-refractivity contribution >= 4 is 17.7 Å². The normalized spacial score (nSPS) is 17.4. The second kappa shape index (κ2) is 6.12. The predicted molar refractivity (Wildman–Crippen MR) is 96.3 cm³/mol. The van der Waals surface area contributed by atoms with Gasteiger partial charge in [-0.25, -0.2) is 0 Å². The molecule has 0 saturated heterocycles. The summed E-state index contributed by atoms with van der Waals surface area (Å²) in [5, 5.41) is 21.8. The number of nitrogens with zero attached hydrogens (tertiary/aromatic N) is 1. The van der Waals surface area contributed by atoms with Gasteiger partial charge in [-0.05, 0) is 30.9 Å². The Morgan fingerprint density at radius 2 is 1.85 bits per heavy atom. The number of rotatable bonds is 4. The summed E-state index contributed by atoms with van der Waals surface area (Å²) in [7, 11) is 0. The lowest BCUT2D eigenvalue weighted by molar-refractivity contribution is -0.137. The molecule has 3 N–H and O–H groups in total. The first-order valence-corrected chi connectivity index (χ1v) is 8.71. The van der Waals surface area contributed by atoms with Gasteiger partial charge >= 0.3 is 5.97 Å². The molecule has 7 nitrogen and oxygen atoms in total. The number of hydrogen-bond acceptors (Lipinski definition) is 4. The van der Waals surface area contributed by atoms with Crippen LogP contribution >= 0.6 is 0 Å². The molecule has 1 spiro atoms. The minimum absolute atomic E-state index is 0.274. The van der Waals surface area contributed by atoms with Crippen LogP contribution in [0.2, 0.25) is 0 Å². The highest BCUT2D eigenvalue weighted by atomic mass is 16.4. The van der Waals surface area contributed by atoms with E-state index in [1.54, 1.807) is 10.8 Å². The number of aliphatic carboxylic acids is 1. The number of aromatic nitrogens is 1. The van der Waals surface area contributed by atoms with Crippen LogP contribution in [-0.4, -0.2) is 39.0 Å². The average Bonchev–Trinajstić information content (AvgIpc) is 3.05. The molecule has 0 radical (unpaired) electrons. The van der Waals surface area contributed by atoms with Gasteiger partial charge in [-0.3, -0.25) is 14.4 Å². The summed E-state index contributed by atoms with van der Waals surface area (Å²) in [6, 6.07) is 11.2. The number of ketones is 1. The number of carbonyl (C=O) groups excluding carboxylic acids is 2. The molecule has 2 aromatic rings. The van der Waals surface area contributed by atoms with Gasteiger partial charge in [-0.15, -0.1) is 0 Å². The topological polar surface area (TPSA) is 109 Å². The molecule has 0 bridgehead atoms. The molecule has 0 unspecified atom stereocenters. The minimum atomic E-state index is -1.22. The summed E-state index contributed by atoms with van der Waals surface area (Å²) in [6.07, 6.45) is 3.85. The van der Waals surface area contributed by atoms with Gasteiger partial charge in [0.2, 0.25) is 5.78 Å². The number of benzene rings is 1. The van der Waals surface area contributed by atoms with Crippen molar-refractivity contribution in [3.8, 4) is 11.1 Å². The molecule has 2 heterocycles. The Morgan fingerprint density at radius 1 is 1.15 bits per heavy atom. The first-order valence-electron chi connectivity index (χ1n) is 8.71. The van der Waals surface area contributed by atoms with Crippen molar-refractivity contribution in [1.82, 2.24) is 9.88 Å². The van der Waals surface area contributed by atoms with Gasteiger partial charge in [0, 0.05) is 11.8 Å². The lowest BCUT2D eigenvalue weighted by Crippen LogP contribution is -2.49. The van der Waals surface area contributed by atoms with E-state index in [9.17, 15) is 19.5 Å². The third kappa shape index (κ3) is 2.46. The Hall–Kier alpha value is -3.35. The molecular weight excluding hydrogens is 348 g/mol. The largest absolute Gasteiger partial charge is 0.509 e. The maximum atomic E-state index is 13.1. The zero-order chi connectivity index (χ0) is 19.2. The molecule has 1 aromatic carbocycles. The summed E-state index contributed by atoms with van der Waals surface area (Å²) in [5.41, 5.74) is 0.689. The van der Waals surface area contributed by atoms with E-state index < -0.39 is 29.7 Å². The third-order valence-corrected chi connectivity index (χ3v) is 5.36. The molecule has 7 heteroatoms. The number of fused-ring (bicyclic) bond motifs is 2. The van der Waals surface area contributed by atoms with E-state index in [2.05, 4.69) is 5.32 Å². The number of carboxylic acids is 1. The molecule has 1 fully saturated rings. The molecule has 1 aliphatic heterocycles. The van der Waals surface area contributed by atoms with E-state index in [-0.39, 0.29) is 11.3 Å². The van der Waals surface area contributed by atoms with Crippen molar-refractivity contribution in [1.29, 1.82) is 0 Å². The Bertz CT molecular complexity index is 983. The van der Waals surface area contributed by atoms with E-state index in [0.29, 0.717) is 24.1 Å². The van der Waals surface area contributed by atoms with Crippen LogP contribution in [0.25, 0.3) is 11.1 Å². The van der Waals surface area contributed by atoms with Crippen molar-refractivity contribution in [3.63, 3.8) is 0 Å². The molecule has 1 aliphatic carbocycles. The van der Waals surface area contributed by atoms with Crippen LogP contribution in [0, 0.1) is 0 Å². The maximum absolute atomic E-state index is 13.1. The van der Waals surface area contributed by atoms with Gasteiger partial charge in [-0.1, -0.05) is 30.3 Å². The average molecular weight is 366 g/mol. The molecule has 1 amide bonds. The number of nitrogens with one attached hydrogen (secondary N) is 1. The first-order chi connectivity index (χ1) is 13.0. The maximum Gasteiger partial charge on any atom is 0.322 e. The fourth-order valence-corrected chi connectivity index (χ4v) is 3.89. The molecule has 0 atom stereocenters. The van der Waals surface area contributed by atoms with E-state index in [1.807, 2.05) is 36.4 Å². The molecule has 4 rings (SSSR count). The van der Waals surface area contributed by atoms with Gasteiger partial charge in [0.05, 0.1) is 5.69 Å². The second-order valence-corrected chi connectivity index (χ2v) is 6.83. The van der Waals surface area contributed by atoms with E-state index in [4.69, 9.17) is 5.11 Å². The smallest absolute Gasteiger partial charge is 0.322 e. The van der Waals surface area contributed by atoms with Crippen LogP contribution in [0.5, 0.6) is 0 Å². The molecule has 2 aliphatic rings. The summed E-state index contributed by atoms with van der Waals surface area (Å²) in [4.78, 5) is 36.4. The highest BCUT2D eigenvalue weighted by Crippen LogP contribution is 2.50. The number of amides is 1. The lowest BCUT2D eigenvalue weighted by Gasteiger charge is -2.46. The van der Waals surface area contributed by atoms with Crippen molar-refractivity contribution < 1.29 is 24.6 Å². The lowest BCUT2D eigenvalue weighted by atomic mass is 9.71. The van der Waals surface area contributed by atoms with Gasteiger partial charge in [0.15, 0.2) is 0 Å². The van der Waals surface area contributed by atoms with E-state index in [1.165, 1.54) is 0 Å². The highest BCUT2D eigenvalue weighted by Gasteiger charge is 2.51. The first kappa shape index (κ1) is 17.1. The van der Waals surface area contributed by atoms with Crippen LogP contribution < -0.4 is 5.32 Å². The van der Waals surface area contributed by atoms with Crippen LogP contribution in [0.15, 0.2) is 53.9 Å². The Kier molecular flexibility index (Phi) is 3.87. The zero-order valence-electron chi connectivity index (χ0n) is 14.4. The SMILES string of the molecule is O=C(O)CNC(=O)C1=C(O)C2(CCC2)n2ccc(-c3ccccc3)c2C1=O. The van der Waals surface area contributed by atoms with Crippen molar-refractivity contribution in [2.75, 3.05) is 6.54 Å². The van der Waals surface area contributed by atoms with Crippen LogP contribution in [0.4, 0.5) is 0 Å². The van der Waals surface area contributed by atoms with Crippen molar-refractivity contribution in [2.24, 2.45) is 0 Å². The summed E-state index contributed by atoms with van der Waals surface area (Å²) >= 11 is 0. The number of carbonyl (C=O) groups is 3. The molecule has 27 heavy (non-hydrogen) atoms. The van der Waals surface area contributed by atoms with Gasteiger partial charge in [0.25, 0.3) is 5.91 Å². The Balaban J connectivity index is 1.84. The monoisotopic (exact) mass is 366 g/mol. The number of aliphatic hydroxyl groups is 1. The number of allylic oxidation sites excluding steroid dienone is 1. The third-order valence-electron chi connectivity index (χ3n) is 5.36. The molecule has 138 valence electrons. The van der Waals surface area contributed by atoms with Gasteiger partial charge in [0.1, 0.15) is 23.4 Å². The molecule has 1 saturated carbocycles. The predicted octanol–water partition coefficient (Wildman–Crippen LogP) is 2.24. The summed E-state index contributed by atoms with van der Waals surface area (Å²) in [6.45, 7) is -0.623. The highest BCUT2D eigenvalue weighted by molar-refractivity contribution is 6.28. The fraction of sp³-hybridized carbons (Fsp3) is 0.250. The minimum Gasteiger partial charge on any atom is -0.509 e. The number of hydrogen-bond donors (Lipinski definition) is 3. The fourth-order valence-electron chi connectivity index (χ4n) is 3.89. The molecular formula is C20H18N2O5.